The van der Waals surface area contributed by atoms with Gasteiger partial charge in [0.15, 0.2) is 0 Å². The normalized spacial score (nSPS) is 15.7. The molecule has 5 rings (SSSR count). The second-order valence-electron chi connectivity index (χ2n) is 7.84. The number of hydrogen-bond donors (Lipinski definition) is 0. The molecule has 1 fully saturated rings. The molecule has 4 aromatic rings. The summed E-state index contributed by atoms with van der Waals surface area (Å²) in [5.41, 5.74) is 1.89. The van der Waals surface area contributed by atoms with Gasteiger partial charge < -0.3 is 9.64 Å². The van der Waals surface area contributed by atoms with Crippen molar-refractivity contribution in [3.05, 3.63) is 95.9 Å². The molecule has 1 saturated heterocycles. The first-order chi connectivity index (χ1) is 16.0. The lowest BCUT2D eigenvalue weighted by Gasteiger charge is -2.15. The summed E-state index contributed by atoms with van der Waals surface area (Å²) in [6.45, 7) is 4.58. The maximum absolute atomic E-state index is 13.5. The van der Waals surface area contributed by atoms with Gasteiger partial charge in [-0.2, -0.15) is 0 Å². The zero-order valence-electron chi connectivity index (χ0n) is 17.7. The molecule has 7 nitrogen and oxygen atoms in total. The molecule has 1 aliphatic rings. The first kappa shape index (κ1) is 20.7. The maximum Gasteiger partial charge on any atom is 0.334 e. The van der Waals surface area contributed by atoms with Crippen molar-refractivity contribution in [1.82, 2.24) is 19.0 Å². The van der Waals surface area contributed by atoms with E-state index < -0.39 is 0 Å². The van der Waals surface area contributed by atoms with E-state index in [1.54, 1.807) is 62.8 Å². The lowest BCUT2D eigenvalue weighted by atomic mass is 10.2. The topological polar surface area (TPSA) is 69.4 Å². The van der Waals surface area contributed by atoms with Gasteiger partial charge in [-0.3, -0.25) is 18.9 Å². The van der Waals surface area contributed by atoms with Crippen LogP contribution in [-0.2, 0) is 4.79 Å². The van der Waals surface area contributed by atoms with Gasteiger partial charge in [0.05, 0.1) is 29.0 Å². The number of halogens is 1. The van der Waals surface area contributed by atoms with E-state index in [0.717, 1.165) is 5.52 Å². The zero-order valence-corrected chi connectivity index (χ0v) is 17.7. The number of rotatable bonds is 5. The Hall–Kier alpha value is -4.20. The monoisotopic (exact) mass is 444 g/mol. The van der Waals surface area contributed by atoms with Crippen LogP contribution in [-0.4, -0.2) is 38.0 Å². The number of carbonyl (C=O) groups is 1. The van der Waals surface area contributed by atoms with Crippen molar-refractivity contribution in [1.29, 1.82) is 0 Å². The van der Waals surface area contributed by atoms with Crippen molar-refractivity contribution in [2.24, 2.45) is 0 Å². The summed E-state index contributed by atoms with van der Waals surface area (Å²) in [4.78, 5) is 31.5. The van der Waals surface area contributed by atoms with Crippen LogP contribution in [0.4, 0.5) is 4.39 Å². The van der Waals surface area contributed by atoms with E-state index in [9.17, 15) is 14.0 Å². The van der Waals surface area contributed by atoms with Crippen LogP contribution in [0.2, 0.25) is 0 Å². The van der Waals surface area contributed by atoms with Gasteiger partial charge in [-0.25, -0.2) is 9.18 Å². The number of nitrogens with zero attached hydrogens (tertiary/aromatic N) is 4. The van der Waals surface area contributed by atoms with Crippen molar-refractivity contribution in [3.63, 3.8) is 0 Å². The molecule has 8 heteroatoms. The third-order valence-electron chi connectivity index (χ3n) is 5.82. The number of ether oxygens (including phenoxy) is 1. The molecule has 0 N–H and O–H groups in total. The molecule has 0 aliphatic carbocycles. The highest BCUT2D eigenvalue weighted by molar-refractivity contribution is 5.87. The Labute approximate surface area is 189 Å². The summed E-state index contributed by atoms with van der Waals surface area (Å²) < 4.78 is 22.5. The highest BCUT2D eigenvalue weighted by Gasteiger charge is 2.29. The number of fused-ring (bicyclic) bond motifs is 1. The van der Waals surface area contributed by atoms with Gasteiger partial charge in [0, 0.05) is 25.4 Å². The van der Waals surface area contributed by atoms with Gasteiger partial charge >= 0.3 is 5.69 Å². The molecule has 0 spiro atoms. The number of pyridine rings is 1. The van der Waals surface area contributed by atoms with Gasteiger partial charge in [-0.05, 0) is 55.0 Å². The third-order valence-corrected chi connectivity index (χ3v) is 5.82. The van der Waals surface area contributed by atoms with Crippen molar-refractivity contribution < 1.29 is 13.9 Å². The summed E-state index contributed by atoms with van der Waals surface area (Å²) in [7, 11) is 0. The van der Waals surface area contributed by atoms with E-state index in [1.165, 1.54) is 18.2 Å². The largest absolute Gasteiger partial charge is 0.457 e. The number of hydrogen-bond acceptors (Lipinski definition) is 4. The van der Waals surface area contributed by atoms with Crippen LogP contribution in [0.3, 0.4) is 0 Å². The van der Waals surface area contributed by atoms with E-state index >= 15 is 0 Å². The third kappa shape index (κ3) is 3.80. The Morgan fingerprint density at radius 1 is 1.12 bits per heavy atom. The molecule has 166 valence electrons. The average molecular weight is 444 g/mol. The van der Waals surface area contributed by atoms with E-state index in [4.69, 9.17) is 4.74 Å². The highest BCUT2D eigenvalue weighted by atomic mass is 19.1. The van der Waals surface area contributed by atoms with Crippen LogP contribution in [0.1, 0.15) is 12.5 Å². The average Bonchev–Trinajstić information content (AvgIpc) is 3.41. The predicted octanol–water partition coefficient (Wildman–Crippen LogP) is 4.08. The molecule has 0 bridgehead atoms. The van der Waals surface area contributed by atoms with Crippen molar-refractivity contribution in [3.8, 4) is 17.2 Å². The van der Waals surface area contributed by atoms with Crippen molar-refractivity contribution in [2.75, 3.05) is 13.1 Å². The van der Waals surface area contributed by atoms with Gasteiger partial charge in [-0.15, -0.1) is 0 Å². The SMILES string of the molecule is C=CC(=O)N1CCC(n2c(=O)n(-c3ccc(Oc4cccc(F)c4)cc3)c3cnccc32)C1. The number of amides is 1. The molecular weight excluding hydrogens is 423 g/mol. The number of benzene rings is 2. The quantitative estimate of drug-likeness (QED) is 0.435. The Bertz CT molecular complexity index is 1410. The molecule has 1 atom stereocenters. The highest BCUT2D eigenvalue weighted by Crippen LogP contribution is 2.28. The summed E-state index contributed by atoms with van der Waals surface area (Å²) in [5, 5.41) is 0. The minimum atomic E-state index is -0.378. The van der Waals surface area contributed by atoms with Crippen LogP contribution < -0.4 is 10.4 Å². The summed E-state index contributed by atoms with van der Waals surface area (Å²) in [6.07, 6.45) is 5.29. The first-order valence-electron chi connectivity index (χ1n) is 10.6. The van der Waals surface area contributed by atoms with Gasteiger partial charge in [0.2, 0.25) is 5.91 Å². The second kappa shape index (κ2) is 8.38. The van der Waals surface area contributed by atoms with Crippen LogP contribution in [0, 0.1) is 5.82 Å². The number of imidazole rings is 1. The minimum Gasteiger partial charge on any atom is -0.457 e. The second-order valence-corrected chi connectivity index (χ2v) is 7.84. The Morgan fingerprint density at radius 2 is 1.94 bits per heavy atom. The number of aromatic nitrogens is 3. The fraction of sp³-hybridized carbons (Fsp3) is 0.160. The van der Waals surface area contributed by atoms with Gasteiger partial charge in [0.1, 0.15) is 17.3 Å². The molecule has 1 amide bonds. The lowest BCUT2D eigenvalue weighted by Crippen LogP contribution is -2.31. The number of likely N-dealkylation sites (tertiary alicyclic amines) is 1. The smallest absolute Gasteiger partial charge is 0.334 e. The first-order valence-corrected chi connectivity index (χ1v) is 10.6. The standard InChI is InChI=1S/C25H21FN4O3/c1-2-24(31)28-13-11-19(16-28)30-22-10-12-27-15-23(22)29(25(30)32)18-6-8-20(9-7-18)33-21-5-3-4-17(26)14-21/h2-10,12,14-15,19H,1,11,13,16H2. The molecule has 33 heavy (non-hydrogen) atoms. The molecule has 3 heterocycles. The summed E-state index contributed by atoms with van der Waals surface area (Å²) >= 11 is 0. The van der Waals surface area contributed by atoms with Crippen LogP contribution in [0.5, 0.6) is 11.5 Å². The minimum absolute atomic E-state index is 0.134. The molecular formula is C25H21FN4O3. The van der Waals surface area contributed by atoms with E-state index in [2.05, 4.69) is 11.6 Å². The Kier molecular flexibility index (Phi) is 5.26. The molecule has 2 aromatic heterocycles. The fourth-order valence-corrected chi connectivity index (χ4v) is 4.28. The Morgan fingerprint density at radius 3 is 2.70 bits per heavy atom. The number of carbonyl (C=O) groups excluding carboxylic acids is 1. The lowest BCUT2D eigenvalue weighted by molar-refractivity contribution is -0.125. The molecule has 0 radical (unpaired) electrons. The van der Waals surface area contributed by atoms with Crippen molar-refractivity contribution >= 4 is 16.9 Å². The van der Waals surface area contributed by atoms with Crippen LogP contribution in [0.15, 0.2) is 84.4 Å². The molecule has 1 unspecified atom stereocenters. The summed E-state index contributed by atoms with van der Waals surface area (Å²) in [6, 6.07) is 14.6. The molecule has 2 aromatic carbocycles. The Balaban J connectivity index is 1.50. The molecule has 1 aliphatic heterocycles. The van der Waals surface area contributed by atoms with E-state index in [0.29, 0.717) is 42.2 Å². The summed E-state index contributed by atoms with van der Waals surface area (Å²) in [5.74, 6) is 0.398. The molecule has 0 saturated carbocycles. The van der Waals surface area contributed by atoms with Gasteiger partial charge in [0.25, 0.3) is 0 Å². The fourth-order valence-electron chi connectivity index (χ4n) is 4.28. The van der Waals surface area contributed by atoms with Crippen LogP contribution >= 0.6 is 0 Å². The van der Waals surface area contributed by atoms with Gasteiger partial charge in [-0.1, -0.05) is 12.6 Å². The zero-order chi connectivity index (χ0) is 22.9. The van der Waals surface area contributed by atoms with E-state index in [-0.39, 0.29) is 23.5 Å². The van der Waals surface area contributed by atoms with Crippen molar-refractivity contribution in [2.45, 2.75) is 12.5 Å². The van der Waals surface area contributed by atoms with E-state index in [1.807, 2.05) is 6.07 Å². The van der Waals surface area contributed by atoms with Crippen LogP contribution in [0.25, 0.3) is 16.7 Å². The predicted molar refractivity (Wildman–Crippen MR) is 122 cm³/mol. The maximum atomic E-state index is 13.5.